The molecule has 0 radical (unpaired) electrons. The van der Waals surface area contributed by atoms with Crippen LogP contribution in [-0.4, -0.2) is 42.9 Å². The molecule has 0 saturated carbocycles. The highest BCUT2D eigenvalue weighted by molar-refractivity contribution is 5.82. The summed E-state index contributed by atoms with van der Waals surface area (Å²) in [5.74, 6) is 0.233. The number of hydrogen-bond acceptors (Lipinski definition) is 3. The van der Waals surface area contributed by atoms with Crippen molar-refractivity contribution in [1.29, 1.82) is 0 Å². The molecule has 3 rings (SSSR count). The predicted molar refractivity (Wildman–Crippen MR) is 84.1 cm³/mol. The highest BCUT2D eigenvalue weighted by Gasteiger charge is 2.33. The minimum atomic E-state index is -0.155. The molecule has 2 aliphatic rings. The highest BCUT2D eigenvalue weighted by atomic mass is 16.2. The van der Waals surface area contributed by atoms with E-state index in [1.165, 1.54) is 0 Å². The van der Waals surface area contributed by atoms with Crippen molar-refractivity contribution in [1.82, 2.24) is 15.5 Å². The molecule has 118 valence electrons. The van der Waals surface area contributed by atoms with E-state index >= 15 is 0 Å². The van der Waals surface area contributed by atoms with Crippen molar-refractivity contribution in [2.24, 2.45) is 5.92 Å². The molecule has 2 aliphatic heterocycles. The quantitative estimate of drug-likeness (QED) is 0.859. The lowest BCUT2D eigenvalue weighted by Crippen LogP contribution is -2.45. The van der Waals surface area contributed by atoms with E-state index in [-0.39, 0.29) is 23.8 Å². The van der Waals surface area contributed by atoms with Gasteiger partial charge >= 0.3 is 0 Å². The molecule has 0 bridgehead atoms. The average molecular weight is 301 g/mol. The van der Waals surface area contributed by atoms with Crippen molar-refractivity contribution in [3.8, 4) is 0 Å². The van der Waals surface area contributed by atoms with Gasteiger partial charge in [0.1, 0.15) is 0 Å². The lowest BCUT2D eigenvalue weighted by atomic mass is 9.95. The molecule has 5 heteroatoms. The van der Waals surface area contributed by atoms with Gasteiger partial charge in [0, 0.05) is 19.6 Å². The van der Waals surface area contributed by atoms with Gasteiger partial charge in [0.2, 0.25) is 11.8 Å². The summed E-state index contributed by atoms with van der Waals surface area (Å²) >= 11 is 0. The van der Waals surface area contributed by atoms with Crippen molar-refractivity contribution in [3.05, 3.63) is 35.9 Å². The van der Waals surface area contributed by atoms with E-state index in [9.17, 15) is 9.59 Å². The topological polar surface area (TPSA) is 61.4 Å². The highest BCUT2D eigenvalue weighted by Crippen LogP contribution is 2.28. The van der Waals surface area contributed by atoms with E-state index in [0.29, 0.717) is 19.5 Å². The first-order valence-corrected chi connectivity index (χ1v) is 8.08. The SMILES string of the molecule is O=C1CC(c2ccccc2)N(C(=O)C2CCCNC2)CCN1. The molecule has 2 fully saturated rings. The zero-order valence-corrected chi connectivity index (χ0v) is 12.8. The lowest BCUT2D eigenvalue weighted by Gasteiger charge is -2.34. The summed E-state index contributed by atoms with van der Waals surface area (Å²) in [5, 5.41) is 6.19. The fourth-order valence-corrected chi connectivity index (χ4v) is 3.36. The Morgan fingerprint density at radius 2 is 2.00 bits per heavy atom. The maximum atomic E-state index is 12.9. The molecule has 2 saturated heterocycles. The van der Waals surface area contributed by atoms with Gasteiger partial charge in [-0.25, -0.2) is 0 Å². The monoisotopic (exact) mass is 301 g/mol. The van der Waals surface area contributed by atoms with Crippen molar-refractivity contribution in [3.63, 3.8) is 0 Å². The van der Waals surface area contributed by atoms with Crippen LogP contribution in [0.2, 0.25) is 0 Å². The van der Waals surface area contributed by atoms with E-state index in [1.807, 2.05) is 35.2 Å². The Hall–Kier alpha value is -1.88. The molecule has 2 N–H and O–H groups in total. The predicted octanol–water partition coefficient (Wildman–Crippen LogP) is 1.08. The van der Waals surface area contributed by atoms with Crippen LogP contribution in [0, 0.1) is 5.92 Å². The zero-order chi connectivity index (χ0) is 15.4. The van der Waals surface area contributed by atoms with Gasteiger partial charge in [0.25, 0.3) is 0 Å². The van der Waals surface area contributed by atoms with Gasteiger partial charge < -0.3 is 15.5 Å². The molecule has 5 nitrogen and oxygen atoms in total. The Balaban J connectivity index is 1.84. The van der Waals surface area contributed by atoms with E-state index in [2.05, 4.69) is 10.6 Å². The van der Waals surface area contributed by atoms with Crippen molar-refractivity contribution in [2.45, 2.75) is 25.3 Å². The number of amides is 2. The Morgan fingerprint density at radius 1 is 1.18 bits per heavy atom. The van der Waals surface area contributed by atoms with Crippen LogP contribution < -0.4 is 10.6 Å². The second kappa shape index (κ2) is 6.92. The second-order valence-corrected chi connectivity index (χ2v) is 6.06. The van der Waals surface area contributed by atoms with Gasteiger partial charge in [-0.15, -0.1) is 0 Å². The van der Waals surface area contributed by atoms with Gasteiger partial charge in [0.05, 0.1) is 18.4 Å². The average Bonchev–Trinajstić information content (AvgIpc) is 2.77. The molecule has 0 aliphatic carbocycles. The second-order valence-electron chi connectivity index (χ2n) is 6.06. The van der Waals surface area contributed by atoms with Crippen molar-refractivity contribution in [2.75, 3.05) is 26.2 Å². The number of nitrogens with one attached hydrogen (secondary N) is 2. The first-order valence-electron chi connectivity index (χ1n) is 8.08. The Labute approximate surface area is 131 Å². The third-order valence-corrected chi connectivity index (χ3v) is 4.54. The maximum absolute atomic E-state index is 12.9. The summed E-state index contributed by atoms with van der Waals surface area (Å²) in [6.07, 6.45) is 2.32. The molecular formula is C17H23N3O2. The summed E-state index contributed by atoms with van der Waals surface area (Å²) in [6, 6.07) is 9.73. The molecular weight excluding hydrogens is 278 g/mol. The molecule has 2 amide bonds. The Bertz CT molecular complexity index is 526. The van der Waals surface area contributed by atoms with Gasteiger partial charge in [-0.3, -0.25) is 9.59 Å². The number of benzene rings is 1. The third-order valence-electron chi connectivity index (χ3n) is 4.54. The van der Waals surface area contributed by atoms with E-state index < -0.39 is 0 Å². The summed E-state index contributed by atoms with van der Waals surface area (Å²) in [5.41, 5.74) is 1.04. The molecule has 2 unspecified atom stereocenters. The van der Waals surface area contributed by atoms with Crippen LogP contribution in [0.15, 0.2) is 30.3 Å². The number of hydrogen-bond donors (Lipinski definition) is 2. The van der Waals surface area contributed by atoms with Crippen LogP contribution in [0.1, 0.15) is 30.9 Å². The first kappa shape index (κ1) is 15.0. The van der Waals surface area contributed by atoms with E-state index in [1.54, 1.807) is 0 Å². The molecule has 22 heavy (non-hydrogen) atoms. The fourth-order valence-electron chi connectivity index (χ4n) is 3.36. The van der Waals surface area contributed by atoms with Gasteiger partial charge in [0.15, 0.2) is 0 Å². The molecule has 2 atom stereocenters. The van der Waals surface area contributed by atoms with Crippen molar-refractivity contribution >= 4 is 11.8 Å². The van der Waals surface area contributed by atoms with Crippen LogP contribution in [0.5, 0.6) is 0 Å². The third kappa shape index (κ3) is 3.30. The largest absolute Gasteiger partial charge is 0.354 e. The van der Waals surface area contributed by atoms with E-state index in [4.69, 9.17) is 0 Å². The number of carbonyl (C=O) groups is 2. The molecule has 1 aromatic rings. The standard InChI is InChI=1S/C17H23N3O2/c21-16-11-15(13-5-2-1-3-6-13)20(10-9-19-16)17(22)14-7-4-8-18-12-14/h1-3,5-6,14-15,18H,4,7-12H2,(H,19,21). The van der Waals surface area contributed by atoms with Crippen LogP contribution in [-0.2, 0) is 9.59 Å². The van der Waals surface area contributed by atoms with Crippen LogP contribution >= 0.6 is 0 Å². The van der Waals surface area contributed by atoms with Crippen LogP contribution in [0.25, 0.3) is 0 Å². The number of carbonyl (C=O) groups excluding carboxylic acids is 2. The minimum Gasteiger partial charge on any atom is -0.354 e. The minimum absolute atomic E-state index is 0.0194. The number of nitrogens with zero attached hydrogens (tertiary/aromatic N) is 1. The summed E-state index contributed by atoms with van der Waals surface area (Å²) in [4.78, 5) is 26.8. The molecule has 1 aromatic carbocycles. The summed E-state index contributed by atoms with van der Waals surface area (Å²) < 4.78 is 0. The maximum Gasteiger partial charge on any atom is 0.227 e. The molecule has 2 heterocycles. The van der Waals surface area contributed by atoms with Crippen molar-refractivity contribution < 1.29 is 9.59 Å². The van der Waals surface area contributed by atoms with Gasteiger partial charge in [-0.2, -0.15) is 0 Å². The van der Waals surface area contributed by atoms with Gasteiger partial charge in [-0.1, -0.05) is 30.3 Å². The fraction of sp³-hybridized carbons (Fsp3) is 0.529. The Kier molecular flexibility index (Phi) is 4.73. The number of rotatable bonds is 2. The summed E-state index contributed by atoms with van der Waals surface area (Å²) in [6.45, 7) is 2.86. The van der Waals surface area contributed by atoms with Gasteiger partial charge in [-0.05, 0) is 24.9 Å². The lowest BCUT2D eigenvalue weighted by molar-refractivity contribution is -0.138. The smallest absolute Gasteiger partial charge is 0.227 e. The summed E-state index contributed by atoms with van der Waals surface area (Å²) in [7, 11) is 0. The van der Waals surface area contributed by atoms with Crippen LogP contribution in [0.3, 0.4) is 0 Å². The van der Waals surface area contributed by atoms with Crippen LogP contribution in [0.4, 0.5) is 0 Å². The van der Waals surface area contributed by atoms with E-state index in [0.717, 1.165) is 31.5 Å². The number of piperidine rings is 1. The Morgan fingerprint density at radius 3 is 2.73 bits per heavy atom. The molecule has 0 aromatic heterocycles. The first-order chi connectivity index (χ1) is 10.8. The zero-order valence-electron chi connectivity index (χ0n) is 12.8. The molecule has 0 spiro atoms. The normalized spacial score (nSPS) is 26.2.